The molecule has 1 unspecified atom stereocenters. The summed E-state index contributed by atoms with van der Waals surface area (Å²) in [4.78, 5) is 25.9. The number of rotatable bonds is 6. The minimum Gasteiger partial charge on any atom is -0.356 e. The lowest BCUT2D eigenvalue weighted by molar-refractivity contribution is -0.136. The highest BCUT2D eigenvalue weighted by Gasteiger charge is 2.28. The Hall–Kier alpha value is -1.95. The van der Waals surface area contributed by atoms with Gasteiger partial charge in [0.25, 0.3) is 0 Å². The molecule has 1 aromatic rings. The Morgan fingerprint density at radius 2 is 2.22 bits per heavy atom. The Kier molecular flexibility index (Phi) is 6.52. The molecular formula is C17H24FN3O2. The summed E-state index contributed by atoms with van der Waals surface area (Å²) in [5, 5.41) is 6.00. The number of amides is 2. The molecular weight excluding hydrogens is 297 g/mol. The topological polar surface area (TPSA) is 61.4 Å². The number of halogens is 1. The van der Waals surface area contributed by atoms with Crippen molar-refractivity contribution in [1.29, 1.82) is 0 Å². The van der Waals surface area contributed by atoms with E-state index >= 15 is 0 Å². The first-order valence-corrected chi connectivity index (χ1v) is 8.14. The maximum atomic E-state index is 13.4. The molecule has 1 saturated heterocycles. The van der Waals surface area contributed by atoms with Gasteiger partial charge in [0, 0.05) is 39.0 Å². The van der Waals surface area contributed by atoms with E-state index in [0.717, 1.165) is 12.0 Å². The van der Waals surface area contributed by atoms with Crippen molar-refractivity contribution in [1.82, 2.24) is 15.5 Å². The molecule has 0 bridgehead atoms. The van der Waals surface area contributed by atoms with E-state index in [2.05, 4.69) is 10.6 Å². The van der Waals surface area contributed by atoms with E-state index in [-0.39, 0.29) is 36.5 Å². The van der Waals surface area contributed by atoms with Gasteiger partial charge in [-0.1, -0.05) is 19.1 Å². The summed E-state index contributed by atoms with van der Waals surface area (Å²) in [6.45, 7) is 4.48. The normalized spacial score (nSPS) is 17.8. The number of hydrogen-bond acceptors (Lipinski definition) is 3. The molecule has 1 aromatic carbocycles. The molecule has 23 heavy (non-hydrogen) atoms. The largest absolute Gasteiger partial charge is 0.356 e. The van der Waals surface area contributed by atoms with Crippen LogP contribution in [-0.2, 0) is 9.59 Å². The molecule has 2 rings (SSSR count). The summed E-state index contributed by atoms with van der Waals surface area (Å²) in [5.74, 6) is -0.468. The van der Waals surface area contributed by atoms with E-state index in [4.69, 9.17) is 0 Å². The fourth-order valence-electron chi connectivity index (χ4n) is 2.73. The Balaban J connectivity index is 1.97. The Labute approximate surface area is 136 Å². The average Bonchev–Trinajstić information content (AvgIpc) is 2.57. The van der Waals surface area contributed by atoms with Gasteiger partial charge in [-0.3, -0.25) is 9.59 Å². The van der Waals surface area contributed by atoms with Crippen LogP contribution in [0.4, 0.5) is 4.39 Å². The number of nitrogens with one attached hydrogen (secondary N) is 2. The van der Waals surface area contributed by atoms with Gasteiger partial charge in [0.15, 0.2) is 0 Å². The third kappa shape index (κ3) is 5.03. The third-order valence-electron chi connectivity index (χ3n) is 3.94. The van der Waals surface area contributed by atoms with Gasteiger partial charge < -0.3 is 15.5 Å². The summed E-state index contributed by atoms with van der Waals surface area (Å²) in [6, 6.07) is 6.15. The van der Waals surface area contributed by atoms with Crippen molar-refractivity contribution >= 4 is 11.8 Å². The number of hydrogen-bond donors (Lipinski definition) is 2. The second-order valence-corrected chi connectivity index (χ2v) is 5.71. The highest BCUT2D eigenvalue weighted by Crippen LogP contribution is 2.23. The van der Waals surface area contributed by atoms with E-state index in [9.17, 15) is 14.0 Å². The molecule has 6 heteroatoms. The van der Waals surface area contributed by atoms with Crippen LogP contribution < -0.4 is 10.6 Å². The number of carbonyl (C=O) groups is 2. The molecule has 0 saturated carbocycles. The van der Waals surface area contributed by atoms with Crippen LogP contribution in [0.5, 0.6) is 0 Å². The molecule has 2 amide bonds. The van der Waals surface area contributed by atoms with Crippen molar-refractivity contribution in [3.63, 3.8) is 0 Å². The monoisotopic (exact) mass is 321 g/mol. The quantitative estimate of drug-likeness (QED) is 0.837. The summed E-state index contributed by atoms with van der Waals surface area (Å²) >= 11 is 0. The average molecular weight is 321 g/mol. The first-order chi connectivity index (χ1) is 11.1. The van der Waals surface area contributed by atoms with E-state index in [1.165, 1.54) is 12.1 Å². The van der Waals surface area contributed by atoms with Gasteiger partial charge in [-0.15, -0.1) is 0 Å². The second-order valence-electron chi connectivity index (χ2n) is 5.71. The molecule has 1 aliphatic rings. The fraction of sp³-hybridized carbons (Fsp3) is 0.529. The summed E-state index contributed by atoms with van der Waals surface area (Å²) in [5.41, 5.74) is 0.779. The molecule has 0 aromatic heterocycles. The summed E-state index contributed by atoms with van der Waals surface area (Å²) in [6.07, 6.45) is 1.25. The molecule has 0 spiro atoms. The number of benzene rings is 1. The minimum absolute atomic E-state index is 0.0626. The van der Waals surface area contributed by atoms with Gasteiger partial charge in [-0.25, -0.2) is 4.39 Å². The maximum absolute atomic E-state index is 13.4. The maximum Gasteiger partial charge on any atom is 0.223 e. The Bertz CT molecular complexity index is 550. The summed E-state index contributed by atoms with van der Waals surface area (Å²) in [7, 11) is 0. The van der Waals surface area contributed by atoms with Gasteiger partial charge in [0.2, 0.25) is 11.8 Å². The van der Waals surface area contributed by atoms with E-state index in [1.807, 2.05) is 13.0 Å². The van der Waals surface area contributed by atoms with Crippen LogP contribution in [0.25, 0.3) is 0 Å². The van der Waals surface area contributed by atoms with Crippen LogP contribution in [0, 0.1) is 5.82 Å². The molecule has 0 radical (unpaired) electrons. The molecule has 5 nitrogen and oxygen atoms in total. The van der Waals surface area contributed by atoms with E-state index < -0.39 is 0 Å². The SMILES string of the molecule is CCCNC(=O)CCC(=O)N1CCNCC1c1cccc(F)c1. The lowest BCUT2D eigenvalue weighted by atomic mass is 10.0. The van der Waals surface area contributed by atoms with Crippen LogP contribution >= 0.6 is 0 Å². The first-order valence-electron chi connectivity index (χ1n) is 8.14. The number of carbonyl (C=O) groups excluding carboxylic acids is 2. The molecule has 1 atom stereocenters. The standard InChI is InChI=1S/C17H24FN3O2/c1-2-8-20-16(22)6-7-17(23)21-10-9-19-12-15(21)13-4-3-5-14(18)11-13/h3-5,11,15,19H,2,6-10,12H2,1H3,(H,20,22). The van der Waals surface area contributed by atoms with Crippen LogP contribution in [0.1, 0.15) is 37.8 Å². The Morgan fingerprint density at radius 1 is 1.39 bits per heavy atom. The van der Waals surface area contributed by atoms with Crippen LogP contribution in [-0.4, -0.2) is 42.9 Å². The van der Waals surface area contributed by atoms with Crippen LogP contribution in [0.3, 0.4) is 0 Å². The van der Waals surface area contributed by atoms with E-state index in [1.54, 1.807) is 11.0 Å². The predicted octanol–water partition coefficient (Wildman–Crippen LogP) is 1.61. The lowest BCUT2D eigenvalue weighted by Crippen LogP contribution is -2.48. The van der Waals surface area contributed by atoms with Crippen molar-refractivity contribution < 1.29 is 14.0 Å². The molecule has 2 N–H and O–H groups in total. The lowest BCUT2D eigenvalue weighted by Gasteiger charge is -2.36. The molecule has 0 aliphatic carbocycles. The van der Waals surface area contributed by atoms with Crippen LogP contribution in [0.2, 0.25) is 0 Å². The zero-order valence-corrected chi connectivity index (χ0v) is 13.5. The zero-order valence-electron chi connectivity index (χ0n) is 13.5. The highest BCUT2D eigenvalue weighted by molar-refractivity contribution is 5.84. The second kappa shape index (κ2) is 8.62. The first kappa shape index (κ1) is 17.4. The van der Waals surface area contributed by atoms with E-state index in [0.29, 0.717) is 26.2 Å². The van der Waals surface area contributed by atoms with Gasteiger partial charge in [0.1, 0.15) is 5.82 Å². The van der Waals surface area contributed by atoms with Gasteiger partial charge in [-0.2, -0.15) is 0 Å². The Morgan fingerprint density at radius 3 is 2.96 bits per heavy atom. The molecule has 1 fully saturated rings. The highest BCUT2D eigenvalue weighted by atomic mass is 19.1. The number of piperazine rings is 1. The van der Waals surface area contributed by atoms with Gasteiger partial charge >= 0.3 is 0 Å². The van der Waals surface area contributed by atoms with Gasteiger partial charge in [-0.05, 0) is 24.1 Å². The van der Waals surface area contributed by atoms with Crippen molar-refractivity contribution in [2.45, 2.75) is 32.2 Å². The molecule has 126 valence electrons. The molecule has 1 heterocycles. The van der Waals surface area contributed by atoms with Crippen LogP contribution in [0.15, 0.2) is 24.3 Å². The summed E-state index contributed by atoms with van der Waals surface area (Å²) < 4.78 is 13.4. The van der Waals surface area contributed by atoms with Crippen molar-refractivity contribution in [2.24, 2.45) is 0 Å². The zero-order chi connectivity index (χ0) is 16.7. The smallest absolute Gasteiger partial charge is 0.223 e. The predicted molar refractivity (Wildman–Crippen MR) is 86.3 cm³/mol. The van der Waals surface area contributed by atoms with Crippen molar-refractivity contribution in [3.8, 4) is 0 Å². The third-order valence-corrected chi connectivity index (χ3v) is 3.94. The number of nitrogens with zero attached hydrogens (tertiary/aromatic N) is 1. The van der Waals surface area contributed by atoms with Crippen molar-refractivity contribution in [2.75, 3.05) is 26.2 Å². The van der Waals surface area contributed by atoms with Gasteiger partial charge in [0.05, 0.1) is 6.04 Å². The van der Waals surface area contributed by atoms with Crippen molar-refractivity contribution in [3.05, 3.63) is 35.6 Å². The fourth-order valence-corrected chi connectivity index (χ4v) is 2.73. The minimum atomic E-state index is -0.306. The molecule has 1 aliphatic heterocycles.